The number of amides is 3. The van der Waals surface area contributed by atoms with Crippen molar-refractivity contribution in [2.45, 2.75) is 19.4 Å². The third-order valence-corrected chi connectivity index (χ3v) is 6.36. The fraction of sp³-hybridized carbons (Fsp3) is 0.526. The van der Waals surface area contributed by atoms with Crippen LogP contribution < -0.4 is 5.32 Å². The number of nitrogens with one attached hydrogen (secondary N) is 1. The lowest BCUT2D eigenvalue weighted by atomic mass is 9.63. The zero-order valence-electron chi connectivity index (χ0n) is 13.8. The van der Waals surface area contributed by atoms with Crippen molar-refractivity contribution < 1.29 is 18.8 Å². The number of rotatable bonds is 5. The first-order valence-corrected chi connectivity index (χ1v) is 8.98. The molecule has 2 bridgehead atoms. The van der Waals surface area contributed by atoms with E-state index in [1.54, 1.807) is 18.4 Å². The molecule has 2 heterocycles. The third-order valence-electron chi connectivity index (χ3n) is 6.36. The number of likely N-dealkylation sites (tertiary alicyclic amines) is 1. The molecule has 1 aliphatic heterocycles. The van der Waals surface area contributed by atoms with Crippen LogP contribution in [0.1, 0.15) is 18.6 Å². The van der Waals surface area contributed by atoms with E-state index in [2.05, 4.69) is 17.5 Å². The molecule has 6 nitrogen and oxygen atoms in total. The molecule has 2 saturated carbocycles. The molecule has 130 valence electrons. The number of carbonyl (C=O) groups is 3. The fourth-order valence-corrected chi connectivity index (χ4v) is 5.14. The summed E-state index contributed by atoms with van der Waals surface area (Å²) in [6, 6.07) is 3.55. The molecule has 6 atom stereocenters. The van der Waals surface area contributed by atoms with E-state index < -0.39 is 0 Å². The molecular formula is C19H20N2O4. The van der Waals surface area contributed by atoms with Crippen molar-refractivity contribution in [2.24, 2.45) is 35.5 Å². The minimum atomic E-state index is -0.184. The smallest absolute Gasteiger partial charge is 0.233 e. The van der Waals surface area contributed by atoms with Gasteiger partial charge in [-0.3, -0.25) is 19.3 Å². The molecule has 25 heavy (non-hydrogen) atoms. The monoisotopic (exact) mass is 340 g/mol. The second kappa shape index (κ2) is 5.31. The Morgan fingerprint density at radius 2 is 1.84 bits per heavy atom. The van der Waals surface area contributed by atoms with Gasteiger partial charge in [-0.25, -0.2) is 0 Å². The molecule has 0 radical (unpaired) electrons. The predicted octanol–water partition coefficient (Wildman–Crippen LogP) is 1.34. The summed E-state index contributed by atoms with van der Waals surface area (Å²) >= 11 is 0. The van der Waals surface area contributed by atoms with Gasteiger partial charge in [0, 0.05) is 13.0 Å². The van der Waals surface area contributed by atoms with E-state index in [-0.39, 0.29) is 54.4 Å². The maximum absolute atomic E-state index is 12.8. The second-order valence-electron chi connectivity index (χ2n) is 7.59. The summed E-state index contributed by atoms with van der Waals surface area (Å²) in [6.07, 6.45) is 7.16. The van der Waals surface area contributed by atoms with E-state index in [1.165, 1.54) is 4.90 Å². The van der Waals surface area contributed by atoms with Gasteiger partial charge in [0.15, 0.2) is 0 Å². The minimum Gasteiger partial charge on any atom is -0.467 e. The van der Waals surface area contributed by atoms with Crippen LogP contribution in [0.25, 0.3) is 0 Å². The lowest BCUT2D eigenvalue weighted by Gasteiger charge is -2.37. The average molecular weight is 340 g/mol. The fourth-order valence-electron chi connectivity index (χ4n) is 5.14. The van der Waals surface area contributed by atoms with Gasteiger partial charge < -0.3 is 9.73 Å². The molecule has 6 heteroatoms. The quantitative estimate of drug-likeness (QED) is 0.648. The van der Waals surface area contributed by atoms with Crippen LogP contribution in [-0.4, -0.2) is 29.2 Å². The van der Waals surface area contributed by atoms with Crippen LogP contribution in [0.3, 0.4) is 0 Å². The van der Waals surface area contributed by atoms with Crippen LogP contribution in [0.5, 0.6) is 0 Å². The number of hydrogen-bond acceptors (Lipinski definition) is 4. The topological polar surface area (TPSA) is 79.6 Å². The maximum atomic E-state index is 12.8. The van der Waals surface area contributed by atoms with Crippen LogP contribution in [0.15, 0.2) is 35.0 Å². The van der Waals surface area contributed by atoms with Gasteiger partial charge in [0.05, 0.1) is 24.6 Å². The first-order valence-electron chi connectivity index (χ1n) is 8.98. The normalized spacial score (nSPS) is 37.2. The molecule has 4 aliphatic carbocycles. The lowest BCUT2D eigenvalue weighted by molar-refractivity contribution is -0.140. The van der Waals surface area contributed by atoms with Crippen molar-refractivity contribution in [3.05, 3.63) is 36.3 Å². The van der Waals surface area contributed by atoms with E-state index in [0.29, 0.717) is 24.1 Å². The number of hydrogen-bond donors (Lipinski definition) is 1. The van der Waals surface area contributed by atoms with Gasteiger partial charge in [-0.15, -0.1) is 0 Å². The molecule has 1 aromatic rings. The number of allylic oxidation sites excluding steroid dienone is 2. The lowest BCUT2D eigenvalue weighted by Crippen LogP contribution is -2.40. The number of carbonyl (C=O) groups excluding carboxylic acids is 3. The summed E-state index contributed by atoms with van der Waals surface area (Å²) in [5, 5.41) is 2.75. The highest BCUT2D eigenvalue weighted by Crippen LogP contribution is 2.65. The zero-order chi connectivity index (χ0) is 17.1. The molecule has 1 aromatic heterocycles. The van der Waals surface area contributed by atoms with Crippen LogP contribution in [0.2, 0.25) is 0 Å². The molecule has 5 aliphatic rings. The molecule has 0 aromatic carbocycles. The molecule has 6 rings (SSSR count). The molecule has 3 amide bonds. The Morgan fingerprint density at radius 3 is 2.44 bits per heavy atom. The highest BCUT2D eigenvalue weighted by Gasteiger charge is 2.66. The highest BCUT2D eigenvalue weighted by atomic mass is 16.3. The Hall–Kier alpha value is -2.37. The Balaban J connectivity index is 1.22. The Bertz CT molecular complexity index is 732. The molecule has 0 spiro atoms. The Labute approximate surface area is 145 Å². The van der Waals surface area contributed by atoms with E-state index in [1.807, 2.05) is 0 Å². The predicted molar refractivity (Wildman–Crippen MR) is 86.6 cm³/mol. The molecule has 1 N–H and O–H groups in total. The largest absolute Gasteiger partial charge is 0.467 e. The van der Waals surface area contributed by atoms with Crippen molar-refractivity contribution in [3.8, 4) is 0 Å². The van der Waals surface area contributed by atoms with Crippen LogP contribution in [-0.2, 0) is 20.9 Å². The Morgan fingerprint density at radius 1 is 1.16 bits per heavy atom. The first kappa shape index (κ1) is 14.9. The van der Waals surface area contributed by atoms with Crippen molar-refractivity contribution in [3.63, 3.8) is 0 Å². The third kappa shape index (κ3) is 2.19. The van der Waals surface area contributed by atoms with Gasteiger partial charge >= 0.3 is 0 Å². The van der Waals surface area contributed by atoms with Gasteiger partial charge in [0.1, 0.15) is 5.76 Å². The van der Waals surface area contributed by atoms with Crippen LogP contribution >= 0.6 is 0 Å². The maximum Gasteiger partial charge on any atom is 0.233 e. The number of nitrogens with zero attached hydrogens (tertiary/aromatic N) is 1. The summed E-state index contributed by atoms with van der Waals surface area (Å²) in [7, 11) is 0. The SMILES string of the molecule is O=C(CCN1C(=O)[C@@H]2[C@H]3C=C[C@@H]([C@@H]4C[C@H]34)[C@@H]2C1=O)NCc1ccco1. The average Bonchev–Trinajstić information content (AvgIpc) is 3.22. The van der Waals surface area contributed by atoms with Gasteiger partial charge in [-0.1, -0.05) is 12.2 Å². The summed E-state index contributed by atoms with van der Waals surface area (Å²) in [5.41, 5.74) is 0. The van der Waals surface area contributed by atoms with Crippen molar-refractivity contribution in [1.82, 2.24) is 10.2 Å². The van der Waals surface area contributed by atoms with Gasteiger partial charge in [-0.2, -0.15) is 0 Å². The standard InChI is InChI=1S/C19H20N2O4/c22-15(20-9-10-2-1-7-25-10)5-6-21-18(23)16-11-3-4-12(14-8-13(11)14)17(16)19(21)24/h1-4,7,11-14,16-17H,5-6,8-9H2,(H,20,22)/t11-,12-,13-,14+,16-,17+/m0/s1. The molecule has 1 saturated heterocycles. The van der Waals surface area contributed by atoms with Crippen LogP contribution in [0.4, 0.5) is 0 Å². The van der Waals surface area contributed by atoms with Crippen molar-refractivity contribution in [2.75, 3.05) is 6.54 Å². The summed E-state index contributed by atoms with van der Waals surface area (Å²) < 4.78 is 5.16. The molecule has 0 unspecified atom stereocenters. The number of furan rings is 1. The second-order valence-corrected chi connectivity index (χ2v) is 7.59. The van der Waals surface area contributed by atoms with Gasteiger partial charge in [0.25, 0.3) is 0 Å². The molecule has 3 fully saturated rings. The molecular weight excluding hydrogens is 320 g/mol. The summed E-state index contributed by atoms with van der Waals surface area (Å²) in [6.45, 7) is 0.486. The first-order chi connectivity index (χ1) is 12.1. The van der Waals surface area contributed by atoms with E-state index in [4.69, 9.17) is 4.42 Å². The zero-order valence-corrected chi connectivity index (χ0v) is 13.8. The highest BCUT2D eigenvalue weighted by molar-refractivity contribution is 6.06. The van der Waals surface area contributed by atoms with E-state index in [9.17, 15) is 14.4 Å². The van der Waals surface area contributed by atoms with E-state index >= 15 is 0 Å². The van der Waals surface area contributed by atoms with Gasteiger partial charge in [-0.05, 0) is 42.2 Å². The van der Waals surface area contributed by atoms with Crippen LogP contribution in [0, 0.1) is 35.5 Å². The van der Waals surface area contributed by atoms with Crippen molar-refractivity contribution in [1.29, 1.82) is 0 Å². The van der Waals surface area contributed by atoms with Crippen molar-refractivity contribution >= 4 is 17.7 Å². The van der Waals surface area contributed by atoms with Gasteiger partial charge in [0.2, 0.25) is 17.7 Å². The summed E-state index contributed by atoms with van der Waals surface area (Å²) in [5.74, 6) is 1.65. The minimum absolute atomic E-state index is 0.0708. The number of imide groups is 1. The van der Waals surface area contributed by atoms with E-state index in [0.717, 1.165) is 6.42 Å². The Kier molecular flexibility index (Phi) is 3.17. The summed E-state index contributed by atoms with van der Waals surface area (Å²) in [4.78, 5) is 38.9.